The van der Waals surface area contributed by atoms with Gasteiger partial charge in [-0.25, -0.2) is 0 Å². The standard InChI is InChI=1S/4C10H18.C2H4/c4*1-2-4-6-8-10-9-7-5-3-1;1-2/h4*1-2H,3-10H2;1-2H2. The third kappa shape index (κ3) is 36.7. The molecular formula is C42H76. The summed E-state index contributed by atoms with van der Waals surface area (Å²) in [5.74, 6) is 0. The zero-order valence-electron chi connectivity index (χ0n) is 28.7. The Hall–Kier alpha value is -1.30. The molecule has 42 heavy (non-hydrogen) atoms. The Morgan fingerprint density at radius 2 is 0.262 bits per heavy atom. The van der Waals surface area contributed by atoms with E-state index in [1.54, 1.807) is 0 Å². The second kappa shape index (κ2) is 39.7. The molecule has 0 aliphatic heterocycles. The Labute approximate surface area is 266 Å². The van der Waals surface area contributed by atoms with Crippen molar-refractivity contribution < 1.29 is 0 Å². The van der Waals surface area contributed by atoms with Crippen molar-refractivity contribution in [2.75, 3.05) is 0 Å². The molecule has 0 unspecified atom stereocenters. The second-order valence-corrected chi connectivity index (χ2v) is 12.7. The molecule has 0 saturated carbocycles. The molecule has 0 aromatic heterocycles. The summed E-state index contributed by atoms with van der Waals surface area (Å²) in [6.07, 6.45) is 64.0. The molecule has 0 atom stereocenters. The van der Waals surface area contributed by atoms with Gasteiger partial charge in [-0.15, -0.1) is 13.2 Å². The van der Waals surface area contributed by atoms with Crippen LogP contribution in [-0.4, -0.2) is 0 Å². The summed E-state index contributed by atoms with van der Waals surface area (Å²) in [7, 11) is 0. The molecule has 0 spiro atoms. The lowest BCUT2D eigenvalue weighted by molar-refractivity contribution is 0.592. The fourth-order valence-electron chi connectivity index (χ4n) is 5.87. The summed E-state index contributed by atoms with van der Waals surface area (Å²) in [5.41, 5.74) is 0. The van der Waals surface area contributed by atoms with Gasteiger partial charge in [0.25, 0.3) is 0 Å². The van der Waals surface area contributed by atoms with Crippen LogP contribution >= 0.6 is 0 Å². The van der Waals surface area contributed by atoms with Crippen LogP contribution in [0.25, 0.3) is 0 Å². The second-order valence-electron chi connectivity index (χ2n) is 12.7. The molecule has 0 heteroatoms. The van der Waals surface area contributed by atoms with Crippen LogP contribution in [0.15, 0.2) is 61.8 Å². The first kappa shape index (κ1) is 40.7. The molecule has 0 saturated heterocycles. The zero-order valence-corrected chi connectivity index (χ0v) is 28.7. The Kier molecular flexibility index (Phi) is 38.5. The van der Waals surface area contributed by atoms with Crippen LogP contribution in [0, 0.1) is 0 Å². The number of rotatable bonds is 0. The highest BCUT2D eigenvalue weighted by atomic mass is 14.0. The molecule has 0 heterocycles. The van der Waals surface area contributed by atoms with Crippen LogP contribution in [0.4, 0.5) is 0 Å². The quantitative estimate of drug-likeness (QED) is 0.250. The Balaban J connectivity index is 0.000000523. The summed E-state index contributed by atoms with van der Waals surface area (Å²) < 4.78 is 0. The SMILES string of the molecule is C1=CCCCCCCCC1.C1=CCCCCCCCC1.C1=CCCCCCCCC1.C1=CCCCCCCCC1.C=C. The van der Waals surface area contributed by atoms with Crippen LogP contribution in [0.5, 0.6) is 0 Å². The molecule has 0 aromatic carbocycles. The molecular weight excluding hydrogens is 504 g/mol. The maximum Gasteiger partial charge on any atom is -0.0351 e. The fourth-order valence-corrected chi connectivity index (χ4v) is 5.87. The number of allylic oxidation sites excluding steroid dienone is 8. The zero-order chi connectivity index (χ0) is 30.3. The van der Waals surface area contributed by atoms with Gasteiger partial charge in [-0.1, -0.05) is 151 Å². The first-order chi connectivity index (χ1) is 21.0. The van der Waals surface area contributed by atoms with E-state index in [2.05, 4.69) is 61.8 Å². The van der Waals surface area contributed by atoms with E-state index in [1.807, 2.05) is 0 Å². The first-order valence-corrected chi connectivity index (χ1v) is 19.1. The highest BCUT2D eigenvalue weighted by Crippen LogP contribution is 2.14. The van der Waals surface area contributed by atoms with Gasteiger partial charge in [0, 0.05) is 0 Å². The molecule has 4 aliphatic carbocycles. The maximum atomic E-state index is 3.00. The van der Waals surface area contributed by atoms with Gasteiger partial charge in [0.2, 0.25) is 0 Å². The minimum absolute atomic E-state index is 1.32. The normalized spacial score (nSPS) is 21.4. The van der Waals surface area contributed by atoms with Crippen molar-refractivity contribution in [3.63, 3.8) is 0 Å². The molecule has 4 rings (SSSR count). The lowest BCUT2D eigenvalue weighted by atomic mass is 10.1. The first-order valence-electron chi connectivity index (χ1n) is 19.1. The van der Waals surface area contributed by atoms with Crippen molar-refractivity contribution in [1.29, 1.82) is 0 Å². The van der Waals surface area contributed by atoms with E-state index in [-0.39, 0.29) is 0 Å². The number of hydrogen-bond donors (Lipinski definition) is 0. The summed E-state index contributed by atoms with van der Waals surface area (Å²) in [4.78, 5) is 0. The summed E-state index contributed by atoms with van der Waals surface area (Å²) in [5, 5.41) is 0. The molecule has 4 aliphatic rings. The largest absolute Gasteiger partial charge is 0.106 e. The van der Waals surface area contributed by atoms with Crippen molar-refractivity contribution in [3.05, 3.63) is 61.8 Å². The monoisotopic (exact) mass is 581 g/mol. The molecule has 0 radical (unpaired) electrons. The topological polar surface area (TPSA) is 0 Å². The van der Waals surface area contributed by atoms with Gasteiger partial charge >= 0.3 is 0 Å². The van der Waals surface area contributed by atoms with E-state index in [9.17, 15) is 0 Å². The van der Waals surface area contributed by atoms with E-state index in [0.29, 0.717) is 0 Å². The van der Waals surface area contributed by atoms with Crippen LogP contribution in [0.1, 0.15) is 205 Å². The van der Waals surface area contributed by atoms with Crippen molar-refractivity contribution in [3.8, 4) is 0 Å². The average molecular weight is 581 g/mol. The van der Waals surface area contributed by atoms with Crippen LogP contribution in [-0.2, 0) is 0 Å². The fraction of sp³-hybridized carbons (Fsp3) is 0.762. The predicted octanol–water partition coefficient (Wildman–Crippen LogP) is 15.5. The van der Waals surface area contributed by atoms with Crippen LogP contribution < -0.4 is 0 Å². The van der Waals surface area contributed by atoms with E-state index < -0.39 is 0 Å². The molecule has 0 bridgehead atoms. The van der Waals surface area contributed by atoms with Gasteiger partial charge in [0.05, 0.1) is 0 Å². The Bertz CT molecular complexity index is 439. The molecule has 0 amide bonds. The molecule has 0 nitrogen and oxygen atoms in total. The van der Waals surface area contributed by atoms with E-state index in [4.69, 9.17) is 0 Å². The van der Waals surface area contributed by atoms with Gasteiger partial charge < -0.3 is 0 Å². The van der Waals surface area contributed by atoms with E-state index >= 15 is 0 Å². The number of hydrogen-bond acceptors (Lipinski definition) is 0. The smallest absolute Gasteiger partial charge is 0.0351 e. The van der Waals surface area contributed by atoms with Gasteiger partial charge in [0.15, 0.2) is 0 Å². The molecule has 0 N–H and O–H groups in total. The minimum Gasteiger partial charge on any atom is -0.106 e. The predicted molar refractivity (Wildman–Crippen MR) is 196 cm³/mol. The average Bonchev–Trinajstić information content (AvgIpc) is 3.06. The maximum absolute atomic E-state index is 3.00. The van der Waals surface area contributed by atoms with Crippen molar-refractivity contribution in [2.24, 2.45) is 0 Å². The summed E-state index contributed by atoms with van der Waals surface area (Å²) >= 11 is 0. The van der Waals surface area contributed by atoms with Gasteiger partial charge in [0.1, 0.15) is 0 Å². The third-order valence-electron chi connectivity index (χ3n) is 8.63. The van der Waals surface area contributed by atoms with Crippen LogP contribution in [0.2, 0.25) is 0 Å². The van der Waals surface area contributed by atoms with E-state index in [1.165, 1.54) is 205 Å². The van der Waals surface area contributed by atoms with E-state index in [0.717, 1.165) is 0 Å². The Morgan fingerprint density at radius 1 is 0.167 bits per heavy atom. The lowest BCUT2D eigenvalue weighted by Gasteiger charge is -2.01. The van der Waals surface area contributed by atoms with Crippen molar-refractivity contribution >= 4 is 0 Å². The van der Waals surface area contributed by atoms with Crippen molar-refractivity contribution in [1.82, 2.24) is 0 Å². The Morgan fingerprint density at radius 3 is 0.381 bits per heavy atom. The molecule has 0 fully saturated rings. The lowest BCUT2D eigenvalue weighted by Crippen LogP contribution is -1.81. The molecule has 0 aromatic rings. The van der Waals surface area contributed by atoms with Gasteiger partial charge in [-0.05, 0) is 103 Å². The minimum atomic E-state index is 1.32. The summed E-state index contributed by atoms with van der Waals surface area (Å²) in [6, 6.07) is 0. The van der Waals surface area contributed by atoms with Gasteiger partial charge in [-0.3, -0.25) is 0 Å². The highest BCUT2D eigenvalue weighted by molar-refractivity contribution is 4.83. The summed E-state index contributed by atoms with van der Waals surface area (Å²) in [6.45, 7) is 6.00. The van der Waals surface area contributed by atoms with Gasteiger partial charge in [-0.2, -0.15) is 0 Å². The highest BCUT2D eigenvalue weighted by Gasteiger charge is 1.94. The van der Waals surface area contributed by atoms with Crippen molar-refractivity contribution in [2.45, 2.75) is 205 Å². The van der Waals surface area contributed by atoms with Crippen LogP contribution in [0.3, 0.4) is 0 Å². The third-order valence-corrected chi connectivity index (χ3v) is 8.63. The molecule has 244 valence electrons.